The van der Waals surface area contributed by atoms with Crippen LogP contribution in [0.15, 0.2) is 29.6 Å². The van der Waals surface area contributed by atoms with Gasteiger partial charge in [-0.25, -0.2) is 0 Å². The molecule has 17 heavy (non-hydrogen) atoms. The molecule has 0 radical (unpaired) electrons. The Morgan fingerprint density at radius 3 is 2.59 bits per heavy atom. The molecular formula is C11H8Cl2N2OS. The maximum absolute atomic E-state index is 11.9. The minimum absolute atomic E-state index is 0.315. The van der Waals surface area contributed by atoms with Crippen LogP contribution in [-0.2, 0) is 0 Å². The van der Waals surface area contributed by atoms with Gasteiger partial charge in [-0.1, -0.05) is 29.3 Å². The van der Waals surface area contributed by atoms with Gasteiger partial charge in [-0.15, -0.1) is 11.3 Å². The van der Waals surface area contributed by atoms with Crippen LogP contribution in [0.4, 0.5) is 11.4 Å². The summed E-state index contributed by atoms with van der Waals surface area (Å²) in [7, 11) is 0. The summed E-state index contributed by atoms with van der Waals surface area (Å²) in [6.07, 6.45) is 0. The molecule has 0 aliphatic rings. The van der Waals surface area contributed by atoms with E-state index in [1.165, 1.54) is 11.3 Å². The average molecular weight is 287 g/mol. The molecule has 1 heterocycles. The molecule has 88 valence electrons. The van der Waals surface area contributed by atoms with Crippen molar-refractivity contribution in [3.8, 4) is 0 Å². The van der Waals surface area contributed by atoms with Gasteiger partial charge in [0, 0.05) is 0 Å². The molecule has 0 aliphatic carbocycles. The third-order valence-corrected chi connectivity index (χ3v) is 3.76. The third-order valence-electron chi connectivity index (χ3n) is 2.11. The highest BCUT2D eigenvalue weighted by Crippen LogP contribution is 2.30. The summed E-state index contributed by atoms with van der Waals surface area (Å²) in [5.74, 6) is -0.315. The minimum Gasteiger partial charge on any atom is -0.397 e. The molecular weight excluding hydrogens is 279 g/mol. The highest BCUT2D eigenvalue weighted by atomic mass is 35.5. The van der Waals surface area contributed by atoms with Crippen LogP contribution in [0.2, 0.25) is 10.0 Å². The van der Waals surface area contributed by atoms with E-state index in [1.54, 1.807) is 29.6 Å². The number of thiophene rings is 1. The summed E-state index contributed by atoms with van der Waals surface area (Å²) >= 11 is 13.1. The highest BCUT2D eigenvalue weighted by molar-refractivity contribution is 7.12. The van der Waals surface area contributed by atoms with Crippen LogP contribution in [0.5, 0.6) is 0 Å². The van der Waals surface area contributed by atoms with Crippen LogP contribution in [0, 0.1) is 0 Å². The molecule has 2 aromatic rings. The molecule has 6 heteroatoms. The first kappa shape index (κ1) is 12.2. The third kappa shape index (κ3) is 2.54. The van der Waals surface area contributed by atoms with Gasteiger partial charge in [-0.2, -0.15) is 0 Å². The van der Waals surface area contributed by atoms with Crippen molar-refractivity contribution < 1.29 is 4.79 Å². The van der Waals surface area contributed by atoms with Crippen LogP contribution >= 0.6 is 34.5 Å². The van der Waals surface area contributed by atoms with Gasteiger partial charge >= 0.3 is 0 Å². The zero-order valence-corrected chi connectivity index (χ0v) is 10.9. The topological polar surface area (TPSA) is 55.1 Å². The second-order valence-corrected chi connectivity index (χ2v) is 4.99. The summed E-state index contributed by atoms with van der Waals surface area (Å²) in [6, 6.07) is 6.70. The molecule has 0 bridgehead atoms. The molecule has 0 fully saturated rings. The van der Waals surface area contributed by atoms with E-state index < -0.39 is 0 Å². The fourth-order valence-electron chi connectivity index (χ4n) is 1.30. The smallest absolute Gasteiger partial charge is 0.267 e. The number of hydrogen-bond donors (Lipinski definition) is 2. The average Bonchev–Trinajstić information content (AvgIpc) is 2.70. The van der Waals surface area contributed by atoms with Crippen molar-refractivity contribution in [2.24, 2.45) is 0 Å². The second kappa shape index (κ2) is 4.96. The van der Waals surface area contributed by atoms with Gasteiger partial charge in [-0.05, 0) is 23.6 Å². The zero-order valence-electron chi connectivity index (χ0n) is 8.54. The molecule has 0 aliphatic heterocycles. The Morgan fingerprint density at radius 2 is 2.00 bits per heavy atom. The lowest BCUT2D eigenvalue weighted by Crippen LogP contribution is -2.12. The van der Waals surface area contributed by atoms with Gasteiger partial charge in [-0.3, -0.25) is 4.79 Å². The fourth-order valence-corrected chi connectivity index (χ4v) is 2.56. The van der Waals surface area contributed by atoms with Gasteiger partial charge in [0.1, 0.15) is 4.88 Å². The van der Waals surface area contributed by atoms with E-state index in [0.717, 1.165) is 0 Å². The molecule has 0 saturated heterocycles. The molecule has 2 rings (SSSR count). The Hall–Kier alpha value is -1.23. The molecule has 3 N–H and O–H groups in total. The lowest BCUT2D eigenvalue weighted by atomic mass is 10.2. The van der Waals surface area contributed by atoms with Crippen molar-refractivity contribution in [1.82, 2.24) is 0 Å². The normalized spacial score (nSPS) is 10.2. The van der Waals surface area contributed by atoms with Gasteiger partial charge in [0.15, 0.2) is 0 Å². The molecule has 1 aromatic carbocycles. The quantitative estimate of drug-likeness (QED) is 0.823. The number of halogens is 2. The maximum Gasteiger partial charge on any atom is 0.267 e. The van der Waals surface area contributed by atoms with E-state index in [0.29, 0.717) is 26.3 Å². The van der Waals surface area contributed by atoms with E-state index in [9.17, 15) is 4.79 Å². The highest BCUT2D eigenvalue weighted by Gasteiger charge is 2.14. The number of hydrogen-bond acceptors (Lipinski definition) is 3. The van der Waals surface area contributed by atoms with Crippen LogP contribution < -0.4 is 11.1 Å². The van der Waals surface area contributed by atoms with E-state index in [1.807, 2.05) is 0 Å². The number of amides is 1. The largest absolute Gasteiger partial charge is 0.397 e. The summed E-state index contributed by atoms with van der Waals surface area (Å²) in [5, 5.41) is 5.20. The second-order valence-electron chi connectivity index (χ2n) is 3.26. The number of nitrogens with one attached hydrogen (secondary N) is 1. The van der Waals surface area contributed by atoms with E-state index in [2.05, 4.69) is 5.32 Å². The zero-order chi connectivity index (χ0) is 12.4. The van der Waals surface area contributed by atoms with Crippen molar-refractivity contribution in [1.29, 1.82) is 0 Å². The minimum atomic E-state index is -0.315. The lowest BCUT2D eigenvalue weighted by molar-refractivity contribution is 0.103. The van der Waals surface area contributed by atoms with Crippen LogP contribution in [0.25, 0.3) is 0 Å². The molecule has 1 aromatic heterocycles. The number of carbonyl (C=O) groups excluding carboxylic acids is 1. The van der Waals surface area contributed by atoms with Gasteiger partial charge in [0.05, 0.1) is 21.4 Å². The Bertz CT molecular complexity index is 548. The predicted octanol–water partition coefficient (Wildman–Crippen LogP) is 3.89. The molecule has 0 spiro atoms. The Labute approximate surface area is 112 Å². The van der Waals surface area contributed by atoms with Crippen molar-refractivity contribution in [3.05, 3.63) is 44.6 Å². The number of carbonyl (C=O) groups is 1. The van der Waals surface area contributed by atoms with E-state index in [4.69, 9.17) is 28.9 Å². The van der Waals surface area contributed by atoms with Crippen LogP contribution in [0.1, 0.15) is 9.67 Å². The summed E-state index contributed by atoms with van der Waals surface area (Å²) in [6.45, 7) is 0. The summed E-state index contributed by atoms with van der Waals surface area (Å²) in [4.78, 5) is 12.3. The summed E-state index contributed by atoms with van der Waals surface area (Å²) in [5.41, 5.74) is 6.55. The number of anilines is 2. The Morgan fingerprint density at radius 1 is 1.24 bits per heavy atom. The molecule has 1 amide bonds. The predicted molar refractivity (Wildman–Crippen MR) is 73.1 cm³/mol. The first-order chi connectivity index (χ1) is 8.09. The van der Waals surface area contributed by atoms with Crippen molar-refractivity contribution >= 4 is 51.8 Å². The summed E-state index contributed by atoms with van der Waals surface area (Å²) < 4.78 is 0. The number of rotatable bonds is 2. The van der Waals surface area contributed by atoms with Crippen molar-refractivity contribution in [3.63, 3.8) is 0 Å². The van der Waals surface area contributed by atoms with Gasteiger partial charge in [0.25, 0.3) is 5.91 Å². The standard InChI is InChI=1S/C11H8Cl2N2OS/c12-6-2-1-3-8(14)9(6)15-11(16)10-7(13)4-5-17-10/h1-5H,14H2,(H,15,16). The van der Waals surface area contributed by atoms with E-state index in [-0.39, 0.29) is 5.91 Å². The van der Waals surface area contributed by atoms with Crippen LogP contribution in [0.3, 0.4) is 0 Å². The molecule has 3 nitrogen and oxygen atoms in total. The number of nitrogens with two attached hydrogens (primary N) is 1. The van der Waals surface area contributed by atoms with Crippen molar-refractivity contribution in [2.75, 3.05) is 11.1 Å². The first-order valence-corrected chi connectivity index (χ1v) is 6.31. The lowest BCUT2D eigenvalue weighted by Gasteiger charge is -2.09. The van der Waals surface area contributed by atoms with Crippen molar-refractivity contribution in [2.45, 2.75) is 0 Å². The van der Waals surface area contributed by atoms with E-state index >= 15 is 0 Å². The van der Waals surface area contributed by atoms with Crippen LogP contribution in [-0.4, -0.2) is 5.91 Å². The number of nitrogen functional groups attached to an aromatic ring is 1. The Kier molecular flexibility index (Phi) is 3.57. The first-order valence-electron chi connectivity index (χ1n) is 4.68. The maximum atomic E-state index is 11.9. The SMILES string of the molecule is Nc1cccc(Cl)c1NC(=O)c1sccc1Cl. The number of para-hydroxylation sites is 1. The molecule has 0 unspecified atom stereocenters. The van der Waals surface area contributed by atoms with Gasteiger partial charge in [0.2, 0.25) is 0 Å². The molecule has 0 atom stereocenters. The number of benzene rings is 1. The fraction of sp³-hybridized carbons (Fsp3) is 0. The van der Waals surface area contributed by atoms with Gasteiger partial charge < -0.3 is 11.1 Å². The molecule has 0 saturated carbocycles. The monoisotopic (exact) mass is 286 g/mol. The Balaban J connectivity index is 2.28.